The van der Waals surface area contributed by atoms with E-state index in [1.54, 1.807) is 37.3 Å². The first-order valence-electron chi connectivity index (χ1n) is 15.4. The quantitative estimate of drug-likeness (QED) is 0.156. The maximum absolute atomic E-state index is 14.4. The molecule has 0 aliphatic heterocycles. The Morgan fingerprint density at radius 3 is 2.39 bits per heavy atom. The van der Waals surface area contributed by atoms with Crippen LogP contribution in [0.4, 0.5) is 19.4 Å². The number of halogens is 3. The molecule has 0 radical (unpaired) electrons. The van der Waals surface area contributed by atoms with Crippen LogP contribution in [0.5, 0.6) is 5.75 Å². The number of aryl methyl sites for hydroxylation is 3. The van der Waals surface area contributed by atoms with Gasteiger partial charge in [0.1, 0.15) is 23.2 Å². The summed E-state index contributed by atoms with van der Waals surface area (Å²) in [6, 6.07) is 14.4. The molecule has 3 aromatic carbocycles. The zero-order valence-electron chi connectivity index (χ0n) is 27.3. The number of carbonyl (C=O) groups is 1. The lowest BCUT2D eigenvalue weighted by Gasteiger charge is -2.22. The van der Waals surface area contributed by atoms with E-state index in [9.17, 15) is 31.9 Å². The van der Waals surface area contributed by atoms with Crippen LogP contribution in [0.2, 0.25) is 5.02 Å². The summed E-state index contributed by atoms with van der Waals surface area (Å²) in [4.78, 5) is 35.4. The molecule has 0 bridgehead atoms. The normalized spacial score (nSPS) is 12.3. The molecule has 0 unspecified atom stereocenters. The van der Waals surface area contributed by atoms with Crippen LogP contribution in [0.3, 0.4) is 0 Å². The maximum Gasteiger partial charge on any atom is 0.405 e. The van der Waals surface area contributed by atoms with E-state index in [4.69, 9.17) is 16.3 Å². The predicted octanol–water partition coefficient (Wildman–Crippen LogP) is 5.45. The maximum atomic E-state index is 14.4. The standard InChI is InChI=1S/C34H30ClF2N7O6S/c1-18-4-9-24-30(38-18)40-32(26(39-34(46)47)16-20-14-21(36)17-22(37)15-20)44(33(24)45)27-11-10-25(35)28-29(27)43(2)41-31(28)42-51(48,49)13-12-19-5-7-23(50-3)8-6-19/h4-11,14-15,17,26,39H,12-13,16H2,1-3H3,(H,41,42)(H,46,47)/t26-/m0/s1. The summed E-state index contributed by atoms with van der Waals surface area (Å²) in [5.74, 6) is -1.69. The van der Waals surface area contributed by atoms with Crippen molar-refractivity contribution in [1.29, 1.82) is 0 Å². The number of rotatable bonds is 11. The number of hydrogen-bond donors (Lipinski definition) is 3. The van der Waals surface area contributed by atoms with Crippen LogP contribution in [0.25, 0.3) is 27.6 Å². The topological polar surface area (TPSA) is 170 Å². The zero-order valence-corrected chi connectivity index (χ0v) is 28.9. The van der Waals surface area contributed by atoms with Crippen molar-refractivity contribution < 1.29 is 31.8 Å². The van der Waals surface area contributed by atoms with Crippen molar-refractivity contribution >= 4 is 55.5 Å². The molecule has 0 spiro atoms. The van der Waals surface area contributed by atoms with Gasteiger partial charge >= 0.3 is 6.09 Å². The lowest BCUT2D eigenvalue weighted by atomic mass is 10.0. The Balaban J connectivity index is 1.50. The van der Waals surface area contributed by atoms with E-state index in [-0.39, 0.29) is 68.4 Å². The largest absolute Gasteiger partial charge is 0.497 e. The minimum atomic E-state index is -3.98. The smallest absolute Gasteiger partial charge is 0.405 e. The number of anilines is 1. The van der Waals surface area contributed by atoms with Gasteiger partial charge in [0, 0.05) is 25.2 Å². The van der Waals surface area contributed by atoms with E-state index < -0.39 is 39.4 Å². The fourth-order valence-electron chi connectivity index (χ4n) is 5.82. The number of amides is 1. The van der Waals surface area contributed by atoms with Crippen LogP contribution in [-0.2, 0) is 29.9 Å². The van der Waals surface area contributed by atoms with Gasteiger partial charge in [-0.15, -0.1) is 0 Å². The molecule has 3 aromatic heterocycles. The lowest BCUT2D eigenvalue weighted by Crippen LogP contribution is -2.35. The highest BCUT2D eigenvalue weighted by Gasteiger charge is 2.28. The van der Waals surface area contributed by atoms with Gasteiger partial charge in [-0.2, -0.15) is 5.10 Å². The highest BCUT2D eigenvalue weighted by Crippen LogP contribution is 2.35. The molecular weight excluding hydrogens is 708 g/mol. The van der Waals surface area contributed by atoms with Crippen LogP contribution in [0.1, 0.15) is 28.7 Å². The SMILES string of the molecule is COc1ccc(CCS(=O)(=O)Nc2nn(C)c3c(-n4c([C@H](Cc5cc(F)cc(F)c5)NC(=O)O)nc5nc(C)ccc5c4=O)ccc(Cl)c23)cc1. The van der Waals surface area contributed by atoms with Gasteiger partial charge in [0.05, 0.1) is 45.9 Å². The van der Waals surface area contributed by atoms with Crippen LogP contribution < -0.4 is 20.3 Å². The third kappa shape index (κ3) is 7.46. The minimum absolute atomic E-state index is 0.00869. The number of nitrogens with one attached hydrogen (secondary N) is 2. The highest BCUT2D eigenvalue weighted by molar-refractivity contribution is 7.92. The van der Waals surface area contributed by atoms with Gasteiger partial charge in [0.2, 0.25) is 10.0 Å². The molecule has 0 fully saturated rings. The highest BCUT2D eigenvalue weighted by atomic mass is 35.5. The number of pyridine rings is 1. The van der Waals surface area contributed by atoms with Gasteiger partial charge in [-0.05, 0) is 73.0 Å². The van der Waals surface area contributed by atoms with Crippen LogP contribution >= 0.6 is 11.6 Å². The van der Waals surface area contributed by atoms with E-state index in [0.29, 0.717) is 17.5 Å². The molecule has 6 aromatic rings. The number of aromatic nitrogens is 5. The number of sulfonamides is 1. The van der Waals surface area contributed by atoms with Crippen molar-refractivity contribution in [2.75, 3.05) is 17.6 Å². The fraction of sp³-hybridized carbons (Fsp3) is 0.206. The third-order valence-corrected chi connectivity index (χ3v) is 9.66. The first-order valence-corrected chi connectivity index (χ1v) is 17.4. The molecule has 0 aliphatic rings. The number of nitrogens with zero attached hydrogens (tertiary/aromatic N) is 5. The van der Waals surface area contributed by atoms with Crippen LogP contribution in [0.15, 0.2) is 71.5 Å². The molecule has 51 heavy (non-hydrogen) atoms. The first kappa shape index (κ1) is 35.2. The second-order valence-corrected chi connectivity index (χ2v) is 13.9. The predicted molar refractivity (Wildman–Crippen MR) is 187 cm³/mol. The Bertz CT molecular complexity index is 2470. The minimum Gasteiger partial charge on any atom is -0.497 e. The van der Waals surface area contributed by atoms with Gasteiger partial charge in [0.25, 0.3) is 5.56 Å². The van der Waals surface area contributed by atoms with E-state index in [2.05, 4.69) is 25.1 Å². The molecule has 0 saturated heterocycles. The fourth-order valence-corrected chi connectivity index (χ4v) is 7.10. The molecule has 264 valence electrons. The second-order valence-electron chi connectivity index (χ2n) is 11.7. The molecule has 3 heterocycles. The summed E-state index contributed by atoms with van der Waals surface area (Å²) in [7, 11) is -0.931. The number of hydrogen-bond acceptors (Lipinski definition) is 8. The molecule has 17 heteroatoms. The van der Waals surface area contributed by atoms with Crippen molar-refractivity contribution in [3.05, 3.63) is 116 Å². The molecular formula is C34H30ClF2N7O6S. The Hall–Kier alpha value is -5.61. The van der Waals surface area contributed by atoms with Gasteiger partial charge < -0.3 is 15.2 Å². The molecule has 6 rings (SSSR count). The van der Waals surface area contributed by atoms with Gasteiger partial charge in [-0.25, -0.2) is 32.0 Å². The second kappa shape index (κ2) is 14.0. The summed E-state index contributed by atoms with van der Waals surface area (Å²) < 4.78 is 65.1. The molecule has 1 atom stereocenters. The number of fused-ring (bicyclic) bond motifs is 2. The monoisotopic (exact) mass is 737 g/mol. The summed E-state index contributed by atoms with van der Waals surface area (Å²) >= 11 is 6.65. The Morgan fingerprint density at radius 1 is 1.02 bits per heavy atom. The molecule has 0 saturated carbocycles. The summed E-state index contributed by atoms with van der Waals surface area (Å²) in [5.41, 5.74) is 1.04. The van der Waals surface area contributed by atoms with Gasteiger partial charge in [-0.3, -0.25) is 18.8 Å². The van der Waals surface area contributed by atoms with Crippen molar-refractivity contribution in [3.63, 3.8) is 0 Å². The first-order chi connectivity index (χ1) is 24.2. The van der Waals surface area contributed by atoms with E-state index in [0.717, 1.165) is 22.3 Å². The number of ether oxygens (including phenoxy) is 1. The Morgan fingerprint density at radius 2 is 1.73 bits per heavy atom. The average molecular weight is 738 g/mol. The number of carboxylic acid groups (broad SMARTS) is 1. The van der Waals surface area contributed by atoms with E-state index in [1.807, 2.05) is 0 Å². The lowest BCUT2D eigenvalue weighted by molar-refractivity contribution is 0.189. The van der Waals surface area contributed by atoms with E-state index in [1.165, 1.54) is 37.0 Å². The Kier molecular flexibility index (Phi) is 9.64. The van der Waals surface area contributed by atoms with Gasteiger partial charge in [0.15, 0.2) is 11.5 Å². The summed E-state index contributed by atoms with van der Waals surface area (Å²) in [6.45, 7) is 1.69. The van der Waals surface area contributed by atoms with Crippen molar-refractivity contribution in [2.24, 2.45) is 7.05 Å². The summed E-state index contributed by atoms with van der Waals surface area (Å²) in [6.07, 6.45) is -1.62. The number of benzene rings is 3. The van der Waals surface area contributed by atoms with Crippen LogP contribution in [0, 0.1) is 18.6 Å². The van der Waals surface area contributed by atoms with Crippen LogP contribution in [-0.4, -0.2) is 56.8 Å². The zero-order chi connectivity index (χ0) is 36.6. The molecule has 13 nitrogen and oxygen atoms in total. The third-order valence-electron chi connectivity index (χ3n) is 8.10. The molecule has 1 amide bonds. The van der Waals surface area contributed by atoms with Gasteiger partial charge in [-0.1, -0.05) is 23.7 Å². The average Bonchev–Trinajstić information content (AvgIpc) is 3.38. The Labute approximate surface area is 294 Å². The molecule has 0 aliphatic carbocycles. The van der Waals surface area contributed by atoms with Crippen molar-refractivity contribution in [3.8, 4) is 11.4 Å². The van der Waals surface area contributed by atoms with Crippen molar-refractivity contribution in [1.82, 2.24) is 29.6 Å². The summed E-state index contributed by atoms with van der Waals surface area (Å²) in [5, 5.41) is 16.9. The van der Waals surface area contributed by atoms with Crippen molar-refractivity contribution in [2.45, 2.75) is 25.8 Å². The van der Waals surface area contributed by atoms with E-state index >= 15 is 0 Å². The molecule has 3 N–H and O–H groups in total. The number of methoxy groups -OCH3 is 1.